The molecule has 27 heavy (non-hydrogen) atoms. The van der Waals surface area contributed by atoms with Crippen molar-refractivity contribution in [1.82, 2.24) is 5.32 Å². The molecule has 138 valence electrons. The van der Waals surface area contributed by atoms with Gasteiger partial charge in [0.15, 0.2) is 0 Å². The zero-order valence-electron chi connectivity index (χ0n) is 14.8. The second kappa shape index (κ2) is 8.18. The van der Waals surface area contributed by atoms with E-state index >= 15 is 0 Å². The summed E-state index contributed by atoms with van der Waals surface area (Å²) in [6, 6.07) is 17.7. The highest BCUT2D eigenvalue weighted by atomic mass is 16.6. The Morgan fingerprint density at radius 2 is 1.70 bits per heavy atom. The lowest BCUT2D eigenvalue weighted by molar-refractivity contribution is -0.384. The molecule has 0 heterocycles. The number of hydrogen-bond donors (Lipinski definition) is 2. The van der Waals surface area contributed by atoms with Crippen molar-refractivity contribution in [2.45, 2.75) is 0 Å². The highest BCUT2D eigenvalue weighted by Crippen LogP contribution is 2.26. The van der Waals surface area contributed by atoms with Gasteiger partial charge in [-0.05, 0) is 29.0 Å². The second-order valence-corrected chi connectivity index (χ2v) is 5.86. The number of benzene rings is 3. The molecular weight excluding hydrogens is 346 g/mol. The van der Waals surface area contributed by atoms with Crippen molar-refractivity contribution < 1.29 is 14.5 Å². The van der Waals surface area contributed by atoms with Crippen LogP contribution in [0.15, 0.2) is 60.7 Å². The third-order valence-electron chi connectivity index (χ3n) is 4.14. The summed E-state index contributed by atoms with van der Waals surface area (Å²) in [4.78, 5) is 23.1. The number of anilines is 1. The number of methoxy groups -OCH3 is 1. The van der Waals surface area contributed by atoms with Crippen LogP contribution in [0.2, 0.25) is 0 Å². The highest BCUT2D eigenvalue weighted by molar-refractivity contribution is 6.01. The second-order valence-electron chi connectivity index (χ2n) is 5.86. The number of nitrogens with zero attached hydrogens (tertiary/aromatic N) is 1. The molecule has 1 amide bonds. The van der Waals surface area contributed by atoms with Gasteiger partial charge in [0.2, 0.25) is 0 Å². The van der Waals surface area contributed by atoms with Crippen LogP contribution >= 0.6 is 0 Å². The number of nitro groups is 1. The standard InChI is InChI=1S/C20H19N3O4/c1-27-19-13-15-7-3-2-6-14(15)12-16(19)20(24)22-11-10-21-17-8-4-5-9-18(17)23(25)26/h2-9,12-13,21H,10-11H2,1H3,(H,22,24). The zero-order valence-corrected chi connectivity index (χ0v) is 14.8. The van der Waals surface area contributed by atoms with E-state index < -0.39 is 4.92 Å². The summed E-state index contributed by atoms with van der Waals surface area (Å²) in [5, 5.41) is 18.7. The van der Waals surface area contributed by atoms with Crippen LogP contribution in [0.1, 0.15) is 10.4 Å². The van der Waals surface area contributed by atoms with Gasteiger partial charge in [0.25, 0.3) is 11.6 Å². The molecule has 0 saturated heterocycles. The van der Waals surface area contributed by atoms with E-state index in [4.69, 9.17) is 4.74 Å². The molecule has 2 N–H and O–H groups in total. The van der Waals surface area contributed by atoms with Gasteiger partial charge in [0.1, 0.15) is 11.4 Å². The van der Waals surface area contributed by atoms with Crippen LogP contribution in [-0.2, 0) is 0 Å². The molecule has 0 spiro atoms. The number of rotatable bonds is 7. The van der Waals surface area contributed by atoms with Crippen LogP contribution in [0.25, 0.3) is 10.8 Å². The van der Waals surface area contributed by atoms with Crippen molar-refractivity contribution in [2.24, 2.45) is 0 Å². The highest BCUT2D eigenvalue weighted by Gasteiger charge is 2.14. The van der Waals surface area contributed by atoms with Crippen molar-refractivity contribution in [3.05, 3.63) is 76.3 Å². The van der Waals surface area contributed by atoms with E-state index in [0.29, 0.717) is 30.1 Å². The fourth-order valence-electron chi connectivity index (χ4n) is 2.82. The van der Waals surface area contributed by atoms with E-state index in [0.717, 1.165) is 10.8 Å². The predicted molar refractivity (Wildman–Crippen MR) is 104 cm³/mol. The number of amides is 1. The van der Waals surface area contributed by atoms with Crippen molar-refractivity contribution in [1.29, 1.82) is 0 Å². The summed E-state index contributed by atoms with van der Waals surface area (Å²) in [7, 11) is 1.52. The molecule has 7 heteroatoms. The largest absolute Gasteiger partial charge is 0.496 e. The molecule has 0 aromatic heterocycles. The van der Waals surface area contributed by atoms with Crippen LogP contribution in [0.3, 0.4) is 0 Å². The first-order valence-electron chi connectivity index (χ1n) is 8.42. The fraction of sp³-hybridized carbons (Fsp3) is 0.150. The minimum Gasteiger partial charge on any atom is -0.496 e. The van der Waals surface area contributed by atoms with E-state index in [2.05, 4.69) is 10.6 Å². The molecule has 3 rings (SSSR count). The number of fused-ring (bicyclic) bond motifs is 1. The zero-order chi connectivity index (χ0) is 19.2. The molecule has 7 nitrogen and oxygen atoms in total. The number of nitro benzene ring substituents is 1. The molecule has 0 aliphatic rings. The number of ether oxygens (including phenoxy) is 1. The van der Waals surface area contributed by atoms with Gasteiger partial charge in [-0.2, -0.15) is 0 Å². The van der Waals surface area contributed by atoms with Crippen molar-refractivity contribution >= 4 is 28.1 Å². The molecular formula is C20H19N3O4. The number of hydrogen-bond acceptors (Lipinski definition) is 5. The quantitative estimate of drug-likeness (QED) is 0.379. The molecule has 0 fully saturated rings. The topological polar surface area (TPSA) is 93.5 Å². The predicted octanol–water partition coefficient (Wildman–Crippen LogP) is 3.60. The summed E-state index contributed by atoms with van der Waals surface area (Å²) < 4.78 is 5.34. The lowest BCUT2D eigenvalue weighted by Crippen LogP contribution is -2.29. The van der Waals surface area contributed by atoms with Crippen molar-refractivity contribution in [3.63, 3.8) is 0 Å². The third kappa shape index (κ3) is 4.14. The molecule has 0 unspecified atom stereocenters. The first-order valence-corrected chi connectivity index (χ1v) is 8.42. The molecule has 0 saturated carbocycles. The Balaban J connectivity index is 1.65. The minimum absolute atomic E-state index is 0.0000231. The van der Waals surface area contributed by atoms with Gasteiger partial charge in [-0.3, -0.25) is 14.9 Å². The Kier molecular flexibility index (Phi) is 5.51. The van der Waals surface area contributed by atoms with E-state index in [1.54, 1.807) is 24.3 Å². The van der Waals surface area contributed by atoms with Gasteiger partial charge in [-0.1, -0.05) is 36.4 Å². The van der Waals surface area contributed by atoms with Gasteiger partial charge in [-0.15, -0.1) is 0 Å². The summed E-state index contributed by atoms with van der Waals surface area (Å²) in [6.07, 6.45) is 0. The summed E-state index contributed by atoms with van der Waals surface area (Å²) >= 11 is 0. The monoisotopic (exact) mass is 365 g/mol. The lowest BCUT2D eigenvalue weighted by Gasteiger charge is -2.12. The van der Waals surface area contributed by atoms with Crippen LogP contribution in [-0.4, -0.2) is 31.0 Å². The molecule has 0 aliphatic carbocycles. The molecule has 0 atom stereocenters. The Morgan fingerprint density at radius 1 is 1.04 bits per heavy atom. The molecule has 0 aliphatic heterocycles. The Bertz CT molecular complexity index is 988. The smallest absolute Gasteiger partial charge is 0.292 e. The molecule has 3 aromatic rings. The average Bonchev–Trinajstić information content (AvgIpc) is 2.70. The van der Waals surface area contributed by atoms with Gasteiger partial charge in [-0.25, -0.2) is 0 Å². The lowest BCUT2D eigenvalue weighted by atomic mass is 10.1. The fourth-order valence-corrected chi connectivity index (χ4v) is 2.82. The van der Waals surface area contributed by atoms with Crippen LogP contribution in [0.4, 0.5) is 11.4 Å². The van der Waals surface area contributed by atoms with Gasteiger partial charge in [0, 0.05) is 19.2 Å². The van der Waals surface area contributed by atoms with Gasteiger partial charge < -0.3 is 15.4 Å². The molecule has 3 aromatic carbocycles. The SMILES string of the molecule is COc1cc2ccccc2cc1C(=O)NCCNc1ccccc1[N+](=O)[O-]. The normalized spacial score (nSPS) is 10.4. The van der Waals surface area contributed by atoms with Crippen molar-refractivity contribution in [2.75, 3.05) is 25.5 Å². The minimum atomic E-state index is -0.444. The van der Waals surface area contributed by atoms with E-state index in [1.165, 1.54) is 13.2 Å². The van der Waals surface area contributed by atoms with Crippen LogP contribution < -0.4 is 15.4 Å². The van der Waals surface area contributed by atoms with Gasteiger partial charge in [0.05, 0.1) is 17.6 Å². The van der Waals surface area contributed by atoms with Gasteiger partial charge >= 0.3 is 0 Å². The number of nitrogens with one attached hydrogen (secondary N) is 2. The maximum atomic E-state index is 12.5. The van der Waals surface area contributed by atoms with Crippen LogP contribution in [0, 0.1) is 10.1 Å². The number of carbonyl (C=O) groups is 1. The number of carbonyl (C=O) groups excluding carboxylic acids is 1. The first kappa shape index (κ1) is 18.2. The molecule has 0 bridgehead atoms. The maximum Gasteiger partial charge on any atom is 0.292 e. The Labute approximate surface area is 156 Å². The Hall–Kier alpha value is -3.61. The average molecular weight is 365 g/mol. The maximum absolute atomic E-state index is 12.5. The van der Waals surface area contributed by atoms with Crippen molar-refractivity contribution in [3.8, 4) is 5.75 Å². The summed E-state index contributed by atoms with van der Waals surface area (Å²) in [6.45, 7) is 0.660. The van der Waals surface area contributed by atoms with E-state index in [-0.39, 0.29) is 11.6 Å². The molecule has 0 radical (unpaired) electrons. The third-order valence-corrected chi connectivity index (χ3v) is 4.14. The summed E-state index contributed by atoms with van der Waals surface area (Å²) in [5.74, 6) is 0.236. The first-order chi connectivity index (χ1) is 13.1. The number of para-hydroxylation sites is 2. The van der Waals surface area contributed by atoms with E-state index in [9.17, 15) is 14.9 Å². The van der Waals surface area contributed by atoms with E-state index in [1.807, 2.05) is 30.3 Å². The van der Waals surface area contributed by atoms with Crippen LogP contribution in [0.5, 0.6) is 5.75 Å². The summed E-state index contributed by atoms with van der Waals surface area (Å²) in [5.41, 5.74) is 0.863. The Morgan fingerprint density at radius 3 is 2.41 bits per heavy atom.